The number of benzene rings is 2. The number of hydrogen-bond acceptors (Lipinski definition) is 5. The fourth-order valence-corrected chi connectivity index (χ4v) is 2.58. The van der Waals surface area contributed by atoms with Crippen molar-refractivity contribution < 1.29 is 13.9 Å². The number of nitriles is 1. The smallest absolute Gasteiger partial charge is 0.379 e. The highest BCUT2D eigenvalue weighted by atomic mass is 16.5. The van der Waals surface area contributed by atoms with Gasteiger partial charge < -0.3 is 14.1 Å². The Morgan fingerprint density at radius 3 is 2.63 bits per heavy atom. The first-order valence-electron chi connectivity index (χ1n) is 8.15. The molecule has 2 aromatic carbocycles. The van der Waals surface area contributed by atoms with Crippen molar-refractivity contribution in [1.82, 2.24) is 9.97 Å². The Bertz CT molecular complexity index is 1130. The van der Waals surface area contributed by atoms with E-state index in [9.17, 15) is 10.1 Å². The zero-order valence-corrected chi connectivity index (χ0v) is 14.0. The molecule has 0 unspecified atom stereocenters. The van der Waals surface area contributed by atoms with Gasteiger partial charge in [-0.3, -0.25) is 0 Å². The number of furan rings is 1. The molecule has 130 valence electrons. The number of esters is 1. The van der Waals surface area contributed by atoms with Crippen molar-refractivity contribution in [3.05, 3.63) is 84.1 Å². The SMILES string of the molecule is N#CC(=Cc1ccc(OC(=O)c2ccco2)cc1)c1nc2ccccc2[nH]1. The predicted molar refractivity (Wildman–Crippen MR) is 99.7 cm³/mol. The Morgan fingerprint density at radius 2 is 1.93 bits per heavy atom. The van der Waals surface area contributed by atoms with E-state index in [1.165, 1.54) is 12.3 Å². The van der Waals surface area contributed by atoms with Gasteiger partial charge in [-0.05, 0) is 48.0 Å². The minimum atomic E-state index is -0.566. The third-order valence-corrected chi connectivity index (χ3v) is 3.89. The van der Waals surface area contributed by atoms with Crippen LogP contribution < -0.4 is 4.74 Å². The van der Waals surface area contributed by atoms with E-state index < -0.39 is 5.97 Å². The van der Waals surface area contributed by atoms with E-state index in [1.807, 2.05) is 24.3 Å². The Labute approximate surface area is 154 Å². The number of carbonyl (C=O) groups excluding carboxylic acids is 1. The summed E-state index contributed by atoms with van der Waals surface area (Å²) in [7, 11) is 0. The first-order valence-corrected chi connectivity index (χ1v) is 8.15. The molecule has 0 atom stereocenters. The van der Waals surface area contributed by atoms with Crippen LogP contribution in [0.3, 0.4) is 0 Å². The summed E-state index contributed by atoms with van der Waals surface area (Å²) in [5, 5.41) is 9.49. The third-order valence-electron chi connectivity index (χ3n) is 3.89. The highest BCUT2D eigenvalue weighted by Gasteiger charge is 2.11. The fraction of sp³-hybridized carbons (Fsp3) is 0. The summed E-state index contributed by atoms with van der Waals surface area (Å²) in [5.74, 6) is 0.460. The summed E-state index contributed by atoms with van der Waals surface area (Å²) in [4.78, 5) is 19.4. The second-order valence-electron chi connectivity index (χ2n) is 5.71. The van der Waals surface area contributed by atoms with Gasteiger partial charge in [-0.15, -0.1) is 0 Å². The summed E-state index contributed by atoms with van der Waals surface area (Å²) < 4.78 is 10.2. The van der Waals surface area contributed by atoms with Crippen molar-refractivity contribution in [2.75, 3.05) is 0 Å². The summed E-state index contributed by atoms with van der Waals surface area (Å²) in [5.41, 5.74) is 2.86. The van der Waals surface area contributed by atoms with Crippen molar-refractivity contribution >= 4 is 28.7 Å². The van der Waals surface area contributed by atoms with Crippen molar-refractivity contribution in [3.8, 4) is 11.8 Å². The van der Waals surface area contributed by atoms with Crippen molar-refractivity contribution in [3.63, 3.8) is 0 Å². The standard InChI is InChI=1S/C21H13N3O3/c22-13-15(20-23-17-4-1-2-5-18(17)24-20)12-14-7-9-16(10-8-14)27-21(25)19-6-3-11-26-19/h1-12H,(H,23,24). The Hall–Kier alpha value is -4.11. The molecule has 0 aliphatic heterocycles. The van der Waals surface area contributed by atoms with Crippen LogP contribution in [0.15, 0.2) is 71.3 Å². The molecule has 0 fully saturated rings. The van der Waals surface area contributed by atoms with Crippen molar-refractivity contribution in [2.24, 2.45) is 0 Å². The lowest BCUT2D eigenvalue weighted by Crippen LogP contribution is -2.06. The maximum absolute atomic E-state index is 11.9. The molecule has 6 nitrogen and oxygen atoms in total. The predicted octanol–water partition coefficient (Wildman–Crippen LogP) is 4.44. The van der Waals surface area contributed by atoms with Crippen LogP contribution in [0.4, 0.5) is 0 Å². The number of aromatic amines is 1. The largest absolute Gasteiger partial charge is 0.457 e. The van der Waals surface area contributed by atoms with E-state index in [0.29, 0.717) is 17.1 Å². The molecule has 0 saturated heterocycles. The van der Waals surface area contributed by atoms with Gasteiger partial charge in [0.25, 0.3) is 0 Å². The Morgan fingerprint density at radius 1 is 1.11 bits per heavy atom. The molecular formula is C21H13N3O3. The molecule has 0 amide bonds. The summed E-state index contributed by atoms with van der Waals surface area (Å²) in [6, 6.07) is 19.7. The summed E-state index contributed by atoms with van der Waals surface area (Å²) in [6.45, 7) is 0. The molecule has 1 N–H and O–H groups in total. The van der Waals surface area contributed by atoms with Crippen LogP contribution in [0.2, 0.25) is 0 Å². The van der Waals surface area contributed by atoms with Crippen LogP contribution in [0.1, 0.15) is 21.9 Å². The molecule has 0 bridgehead atoms. The molecule has 4 rings (SSSR count). The fourth-order valence-electron chi connectivity index (χ4n) is 2.58. The van der Waals surface area contributed by atoms with Gasteiger partial charge >= 0.3 is 5.97 Å². The van der Waals surface area contributed by atoms with E-state index in [2.05, 4.69) is 16.0 Å². The second-order valence-corrected chi connectivity index (χ2v) is 5.71. The molecular weight excluding hydrogens is 342 g/mol. The van der Waals surface area contributed by atoms with Gasteiger partial charge in [0.05, 0.1) is 22.9 Å². The number of carbonyl (C=O) groups is 1. The van der Waals surface area contributed by atoms with Gasteiger partial charge in [0, 0.05) is 0 Å². The van der Waals surface area contributed by atoms with E-state index in [1.54, 1.807) is 36.4 Å². The monoisotopic (exact) mass is 355 g/mol. The van der Waals surface area contributed by atoms with Crippen LogP contribution in [0.25, 0.3) is 22.7 Å². The number of hydrogen-bond donors (Lipinski definition) is 1. The average molecular weight is 355 g/mol. The second kappa shape index (κ2) is 7.02. The summed E-state index contributed by atoms with van der Waals surface area (Å²) >= 11 is 0. The van der Waals surface area contributed by atoms with Gasteiger partial charge in [0.2, 0.25) is 5.76 Å². The van der Waals surface area contributed by atoms with Gasteiger partial charge in [-0.25, -0.2) is 9.78 Å². The number of ether oxygens (including phenoxy) is 1. The van der Waals surface area contributed by atoms with Gasteiger partial charge in [0.1, 0.15) is 17.6 Å². The number of allylic oxidation sites excluding steroid dienone is 1. The molecule has 2 heterocycles. The highest BCUT2D eigenvalue weighted by Crippen LogP contribution is 2.21. The molecule has 0 spiro atoms. The van der Waals surface area contributed by atoms with Crippen LogP contribution in [-0.4, -0.2) is 15.9 Å². The number of H-pyrrole nitrogens is 1. The molecule has 6 heteroatoms. The van der Waals surface area contributed by atoms with Gasteiger partial charge in [0.15, 0.2) is 0 Å². The summed E-state index contributed by atoms with van der Waals surface area (Å²) in [6.07, 6.45) is 3.13. The van der Waals surface area contributed by atoms with Crippen LogP contribution in [-0.2, 0) is 0 Å². The highest BCUT2D eigenvalue weighted by molar-refractivity contribution is 5.90. The van der Waals surface area contributed by atoms with Gasteiger partial charge in [-0.2, -0.15) is 5.26 Å². The van der Waals surface area contributed by atoms with Crippen molar-refractivity contribution in [2.45, 2.75) is 0 Å². The van der Waals surface area contributed by atoms with Gasteiger partial charge in [-0.1, -0.05) is 24.3 Å². The Kier molecular flexibility index (Phi) is 4.25. The number of aromatic nitrogens is 2. The molecule has 2 aromatic heterocycles. The average Bonchev–Trinajstić information content (AvgIpc) is 3.37. The van der Waals surface area contributed by atoms with E-state index in [4.69, 9.17) is 9.15 Å². The van der Waals surface area contributed by atoms with Crippen LogP contribution >= 0.6 is 0 Å². The third kappa shape index (κ3) is 3.48. The molecule has 0 aliphatic rings. The lowest BCUT2D eigenvalue weighted by atomic mass is 10.1. The number of nitrogens with zero attached hydrogens (tertiary/aromatic N) is 2. The minimum absolute atomic E-state index is 0.135. The first kappa shape index (κ1) is 16.4. The molecule has 0 saturated carbocycles. The molecule has 27 heavy (non-hydrogen) atoms. The van der Waals surface area contributed by atoms with Crippen LogP contribution in [0, 0.1) is 11.3 Å². The van der Waals surface area contributed by atoms with E-state index in [-0.39, 0.29) is 5.76 Å². The van der Waals surface area contributed by atoms with Crippen LogP contribution in [0.5, 0.6) is 5.75 Å². The zero-order chi connectivity index (χ0) is 18.6. The number of para-hydroxylation sites is 2. The van der Waals surface area contributed by atoms with E-state index in [0.717, 1.165) is 16.6 Å². The quantitative estimate of drug-likeness (QED) is 0.332. The minimum Gasteiger partial charge on any atom is -0.457 e. The normalized spacial score (nSPS) is 11.3. The molecule has 0 aliphatic carbocycles. The number of fused-ring (bicyclic) bond motifs is 1. The van der Waals surface area contributed by atoms with Crippen molar-refractivity contribution in [1.29, 1.82) is 5.26 Å². The molecule has 4 aromatic rings. The number of rotatable bonds is 4. The zero-order valence-electron chi connectivity index (χ0n) is 14.0. The Balaban J connectivity index is 1.55. The first-order chi connectivity index (χ1) is 13.2. The topological polar surface area (TPSA) is 91.9 Å². The lowest BCUT2D eigenvalue weighted by Gasteiger charge is -2.03. The number of nitrogens with one attached hydrogen (secondary N) is 1. The lowest BCUT2D eigenvalue weighted by molar-refractivity contribution is 0.0701. The number of imidazole rings is 1. The van der Waals surface area contributed by atoms with E-state index >= 15 is 0 Å². The maximum atomic E-state index is 11.9. The maximum Gasteiger partial charge on any atom is 0.379 e. The molecule has 0 radical (unpaired) electrons.